The number of aromatic nitrogens is 12. The Morgan fingerprint density at radius 3 is 1.78 bits per heavy atom. The first-order chi connectivity index (χ1) is 41.2. The number of hydrogen-bond acceptors (Lipinski definition) is 20. The number of fused-ring (bicyclic) bond motifs is 3. The van der Waals surface area contributed by atoms with Crippen LogP contribution in [0.15, 0.2) is 133 Å². The standard InChI is InChI=1S/C59H48F2N20O4/c1-6-35(24-62)58(82)79-16-12-36(19-31(79)2)54-66-26-43-52(77-54)56(71-28-68-43)74-41-7-9-45(33(4)50(41)60)84-39-11-15-65-48(22-39)76-47(64)21-38(25-63)59(83)80-17-13-37(20-32(80)3)55-67-27-44-53(78-55)57(72-29-69-44)75-42-8-10-46(34(5)51(42)61)85-40-14-18-81-49(23-40)70-30-73-81/h6-11,14-15,18-23,26-32H,12-13,16-17H2,1-5H3,(H2,64,65,76)(H,68,71,74)(H,69,72,75)/b35-6+,38-21?/t31-,32-/m0/s1. The number of halogens is 2. The Morgan fingerprint density at radius 2 is 1.25 bits per heavy atom. The minimum absolute atomic E-state index is 0.0677. The van der Waals surface area contributed by atoms with Crippen molar-refractivity contribution >= 4 is 85.3 Å². The van der Waals surface area contributed by atoms with Gasteiger partial charge in [-0.05, 0) is 95.0 Å². The number of anilines is 4. The fraction of sp³-hybridized carbons (Fsp3) is 0.186. The molecular weight excluding hydrogens is 1090 g/mol. The predicted octanol–water partition coefficient (Wildman–Crippen LogP) is 9.17. The van der Waals surface area contributed by atoms with Crippen LogP contribution in [-0.2, 0) is 9.59 Å². The molecule has 0 bridgehead atoms. The van der Waals surface area contributed by atoms with E-state index in [1.807, 2.05) is 31.2 Å². The number of aliphatic imine (C=N–C) groups is 1. The first kappa shape index (κ1) is 55.4. The highest BCUT2D eigenvalue weighted by molar-refractivity contribution is 6.06. The summed E-state index contributed by atoms with van der Waals surface area (Å²) in [5.74, 6) is 0.160. The molecule has 0 fully saturated rings. The van der Waals surface area contributed by atoms with Gasteiger partial charge in [0.2, 0.25) is 0 Å². The molecule has 2 aliphatic heterocycles. The second-order valence-electron chi connectivity index (χ2n) is 19.5. The molecule has 9 heterocycles. The van der Waals surface area contributed by atoms with Gasteiger partial charge in [-0.2, -0.15) is 15.6 Å². The van der Waals surface area contributed by atoms with Crippen LogP contribution in [0.25, 0.3) is 38.9 Å². The van der Waals surface area contributed by atoms with Gasteiger partial charge in [0.25, 0.3) is 11.8 Å². The molecule has 26 heteroatoms. The number of nitrogens with zero attached hydrogens (tertiary/aromatic N) is 17. The summed E-state index contributed by atoms with van der Waals surface area (Å²) in [5, 5.41) is 29.7. The molecular formula is C59H48F2N20O4. The van der Waals surface area contributed by atoms with Crippen molar-refractivity contribution in [3.05, 3.63) is 162 Å². The van der Waals surface area contributed by atoms with Crippen LogP contribution in [-0.4, -0.2) is 112 Å². The minimum Gasteiger partial charge on any atom is -0.457 e. The van der Waals surface area contributed by atoms with Crippen LogP contribution < -0.4 is 25.8 Å². The summed E-state index contributed by atoms with van der Waals surface area (Å²) in [7, 11) is 0. The summed E-state index contributed by atoms with van der Waals surface area (Å²) in [4.78, 5) is 78.6. The molecule has 0 unspecified atom stereocenters. The van der Waals surface area contributed by atoms with E-state index in [1.54, 1.807) is 86.0 Å². The summed E-state index contributed by atoms with van der Waals surface area (Å²) in [5.41, 5.74) is 10.3. The summed E-state index contributed by atoms with van der Waals surface area (Å²) < 4.78 is 45.8. The third-order valence-electron chi connectivity index (χ3n) is 14.1. The van der Waals surface area contributed by atoms with E-state index in [0.717, 1.165) is 17.2 Å². The zero-order valence-corrected chi connectivity index (χ0v) is 46.0. The molecule has 2 amide bonds. The lowest BCUT2D eigenvalue weighted by molar-refractivity contribution is -0.128. The van der Waals surface area contributed by atoms with Crippen molar-refractivity contribution < 1.29 is 27.8 Å². The lowest BCUT2D eigenvalue weighted by atomic mass is 10.0. The number of hydrogen-bond donors (Lipinski definition) is 3. The predicted molar refractivity (Wildman–Crippen MR) is 308 cm³/mol. The highest BCUT2D eigenvalue weighted by Crippen LogP contribution is 2.36. The molecule has 11 rings (SSSR count). The van der Waals surface area contributed by atoms with Crippen molar-refractivity contribution in [3.8, 4) is 35.1 Å². The van der Waals surface area contributed by atoms with Gasteiger partial charge in [0.1, 0.15) is 93.2 Å². The number of nitrogens with two attached hydrogens (primary N) is 1. The van der Waals surface area contributed by atoms with Crippen LogP contribution in [0.4, 0.5) is 37.6 Å². The number of pyridine rings is 2. The van der Waals surface area contributed by atoms with Crippen molar-refractivity contribution in [1.82, 2.24) is 69.3 Å². The minimum atomic E-state index is -0.630. The normalized spacial score (nSPS) is 15.7. The molecule has 7 aromatic heterocycles. The molecule has 0 saturated carbocycles. The number of ether oxygens (including phenoxy) is 2. The smallest absolute Gasteiger partial charge is 0.265 e. The van der Waals surface area contributed by atoms with Gasteiger partial charge in [0.05, 0.1) is 23.8 Å². The van der Waals surface area contributed by atoms with Crippen molar-refractivity contribution in [1.29, 1.82) is 10.5 Å². The van der Waals surface area contributed by atoms with Crippen LogP contribution >= 0.6 is 0 Å². The van der Waals surface area contributed by atoms with Crippen LogP contribution in [0.3, 0.4) is 0 Å². The maximum absolute atomic E-state index is 16.2. The van der Waals surface area contributed by atoms with Gasteiger partial charge in [-0.15, -0.1) is 0 Å². The highest BCUT2D eigenvalue weighted by Gasteiger charge is 2.30. The summed E-state index contributed by atoms with van der Waals surface area (Å²) in [6.45, 7) is 9.00. The Labute approximate surface area is 482 Å². The van der Waals surface area contributed by atoms with E-state index in [9.17, 15) is 20.1 Å². The average Bonchev–Trinajstić information content (AvgIpc) is 3.31. The lowest BCUT2D eigenvalue weighted by Crippen LogP contribution is -2.41. The van der Waals surface area contributed by atoms with Gasteiger partial charge in [-0.25, -0.2) is 68.1 Å². The highest BCUT2D eigenvalue weighted by atomic mass is 19.1. The first-order valence-corrected chi connectivity index (χ1v) is 26.4. The Kier molecular flexibility index (Phi) is 15.3. The molecule has 0 aliphatic carbocycles. The number of amides is 2. The molecule has 2 atom stereocenters. The van der Waals surface area contributed by atoms with E-state index < -0.39 is 23.6 Å². The second kappa shape index (κ2) is 23.5. The van der Waals surface area contributed by atoms with Crippen LogP contribution in [0.1, 0.15) is 56.4 Å². The molecule has 4 N–H and O–H groups in total. The van der Waals surface area contributed by atoms with Gasteiger partial charge in [-0.3, -0.25) is 9.59 Å². The summed E-state index contributed by atoms with van der Waals surface area (Å²) >= 11 is 0. The maximum Gasteiger partial charge on any atom is 0.265 e. The number of allylic oxidation sites excluding steroid dienone is 1. The first-order valence-electron chi connectivity index (χ1n) is 26.4. The van der Waals surface area contributed by atoms with E-state index in [4.69, 9.17) is 25.2 Å². The molecule has 422 valence electrons. The zero-order chi connectivity index (χ0) is 59.5. The fourth-order valence-electron chi connectivity index (χ4n) is 9.61. The molecule has 0 spiro atoms. The largest absolute Gasteiger partial charge is 0.457 e. The monoisotopic (exact) mass is 1140 g/mol. The number of carbonyl (C=O) groups is 2. The third kappa shape index (κ3) is 11.4. The average molecular weight is 1140 g/mol. The topological polar surface area (TPSA) is 315 Å². The molecule has 2 aromatic carbocycles. The van der Waals surface area contributed by atoms with Crippen LogP contribution in [0.5, 0.6) is 23.0 Å². The molecule has 24 nitrogen and oxygen atoms in total. The fourth-order valence-corrected chi connectivity index (χ4v) is 9.61. The lowest BCUT2D eigenvalue weighted by Gasteiger charge is -2.32. The number of benzene rings is 2. The van der Waals surface area contributed by atoms with Crippen LogP contribution in [0.2, 0.25) is 0 Å². The van der Waals surface area contributed by atoms with Crippen molar-refractivity contribution in [2.45, 2.75) is 59.5 Å². The van der Waals surface area contributed by atoms with Crippen molar-refractivity contribution in [2.75, 3.05) is 23.7 Å². The van der Waals surface area contributed by atoms with Crippen molar-refractivity contribution in [3.63, 3.8) is 0 Å². The van der Waals surface area contributed by atoms with Crippen LogP contribution in [0, 0.1) is 48.1 Å². The van der Waals surface area contributed by atoms with E-state index in [1.165, 1.54) is 54.4 Å². The molecule has 0 saturated heterocycles. The number of amidine groups is 1. The van der Waals surface area contributed by atoms with Gasteiger partial charge < -0.3 is 35.6 Å². The quantitative estimate of drug-likeness (QED) is 0.0395. The zero-order valence-electron chi connectivity index (χ0n) is 46.0. The maximum atomic E-state index is 16.2. The van der Waals surface area contributed by atoms with E-state index >= 15 is 8.78 Å². The number of nitrogens with one attached hydrogen (secondary N) is 2. The summed E-state index contributed by atoms with van der Waals surface area (Å²) in [6.07, 6.45) is 17.4. The van der Waals surface area contributed by atoms with Gasteiger partial charge in [-0.1, -0.05) is 18.2 Å². The molecule has 9 aromatic rings. The van der Waals surface area contributed by atoms with Gasteiger partial charge in [0, 0.05) is 66.9 Å². The number of carbonyl (C=O) groups excluding carboxylic acids is 2. The Morgan fingerprint density at radius 1 is 0.706 bits per heavy atom. The van der Waals surface area contributed by atoms with E-state index in [-0.39, 0.29) is 86.9 Å². The third-order valence-corrected chi connectivity index (χ3v) is 14.1. The Balaban J connectivity index is 0.738. The van der Waals surface area contributed by atoms with Crippen molar-refractivity contribution in [2.24, 2.45) is 10.7 Å². The van der Waals surface area contributed by atoms with Gasteiger partial charge in [0.15, 0.2) is 46.4 Å². The Hall–Kier alpha value is -11.5. The molecule has 2 aliphatic rings. The number of nitriles is 2. The van der Waals surface area contributed by atoms with Gasteiger partial charge >= 0.3 is 0 Å². The Bertz CT molecular complexity index is 4450. The number of rotatable bonds is 14. The molecule has 0 radical (unpaired) electrons. The summed E-state index contributed by atoms with van der Waals surface area (Å²) in [6, 6.07) is 15.7. The molecule has 85 heavy (non-hydrogen) atoms. The second-order valence-corrected chi connectivity index (χ2v) is 19.5. The SMILES string of the molecule is C/C=C(\C#N)C(=O)N1CCC(c2ncc3ncnc(Nc4ccc(Oc5ccnc(N=C(N)C=C(C#N)C(=O)N6CCC(c7ncc8ncnc(Nc9ccc(Oc%10ccn%11ncnc%11c%10)c(C)c9F)c8n7)=C[C@@H]6C)c5)c(C)c4F)c3n2)=C[C@@H]1C. The van der Waals surface area contributed by atoms with E-state index in [2.05, 4.69) is 60.6 Å². The van der Waals surface area contributed by atoms with E-state index in [0.29, 0.717) is 70.2 Å².